The van der Waals surface area contributed by atoms with Gasteiger partial charge in [-0.15, -0.1) is 0 Å². The Bertz CT molecular complexity index is 635. The van der Waals surface area contributed by atoms with E-state index in [9.17, 15) is 17.8 Å². The van der Waals surface area contributed by atoms with Crippen LogP contribution in [0.1, 0.15) is 28.8 Å². The summed E-state index contributed by atoms with van der Waals surface area (Å²) in [6, 6.07) is 2.73. The van der Waals surface area contributed by atoms with Gasteiger partial charge >= 0.3 is 0 Å². The van der Waals surface area contributed by atoms with Gasteiger partial charge in [-0.25, -0.2) is 8.42 Å². The molecule has 0 spiro atoms. The molecule has 1 aliphatic carbocycles. The maximum absolute atomic E-state index is 12.2. The topological polar surface area (TPSA) is 74.3 Å². The zero-order valence-corrected chi connectivity index (χ0v) is 12.9. The van der Waals surface area contributed by atoms with Crippen LogP contribution in [-0.4, -0.2) is 29.7 Å². The van der Waals surface area contributed by atoms with E-state index in [-0.39, 0.29) is 20.6 Å². The van der Waals surface area contributed by atoms with Crippen LogP contribution in [0.3, 0.4) is 0 Å². The molecule has 19 heavy (non-hydrogen) atoms. The van der Waals surface area contributed by atoms with Crippen molar-refractivity contribution in [3.05, 3.63) is 23.3 Å². The Labute approximate surface area is 120 Å². The van der Waals surface area contributed by atoms with Crippen molar-refractivity contribution >= 4 is 37.9 Å². The molecule has 7 heteroatoms. The summed E-state index contributed by atoms with van der Waals surface area (Å²) in [6.45, 7) is 1.65. The molecule has 0 N–H and O–H groups in total. The molecule has 1 aromatic carbocycles. The second-order valence-electron chi connectivity index (χ2n) is 4.66. The van der Waals surface area contributed by atoms with Crippen molar-refractivity contribution in [2.75, 3.05) is 6.26 Å². The van der Waals surface area contributed by atoms with E-state index in [1.54, 1.807) is 6.92 Å². The Morgan fingerprint density at radius 2 is 2.00 bits per heavy atom. The SMILES string of the molecule is Cc1cc([S+]([O-])C2CC2)c(S(C)(=O)=O)cc1C(=O)Cl. The first-order chi connectivity index (χ1) is 8.71. The lowest BCUT2D eigenvalue weighted by atomic mass is 10.1. The van der Waals surface area contributed by atoms with Gasteiger partial charge in [0.25, 0.3) is 5.24 Å². The predicted octanol–water partition coefficient (Wildman–Crippen LogP) is 2.05. The minimum atomic E-state index is -3.56. The Kier molecular flexibility index (Phi) is 3.97. The summed E-state index contributed by atoms with van der Waals surface area (Å²) >= 11 is 4.08. The maximum atomic E-state index is 12.2. The molecule has 4 nitrogen and oxygen atoms in total. The lowest BCUT2D eigenvalue weighted by molar-refractivity contribution is 0.108. The summed E-state index contributed by atoms with van der Waals surface area (Å²) in [5, 5.41) is -0.691. The lowest BCUT2D eigenvalue weighted by Gasteiger charge is -2.15. The first kappa shape index (κ1) is 14.8. The van der Waals surface area contributed by atoms with Gasteiger partial charge in [0.05, 0.1) is 0 Å². The Hall–Kier alpha value is -0.560. The van der Waals surface area contributed by atoms with E-state index in [2.05, 4.69) is 0 Å². The Morgan fingerprint density at radius 1 is 1.42 bits per heavy atom. The molecule has 0 heterocycles. The maximum Gasteiger partial charge on any atom is 0.252 e. The molecule has 104 valence electrons. The highest BCUT2D eigenvalue weighted by atomic mass is 35.5. The van der Waals surface area contributed by atoms with Gasteiger partial charge in [-0.2, -0.15) is 0 Å². The van der Waals surface area contributed by atoms with Crippen LogP contribution in [0.25, 0.3) is 0 Å². The van der Waals surface area contributed by atoms with Crippen molar-refractivity contribution in [2.24, 2.45) is 0 Å². The fourth-order valence-corrected chi connectivity index (χ4v) is 4.92. The van der Waals surface area contributed by atoms with E-state index in [4.69, 9.17) is 11.6 Å². The molecule has 0 amide bonds. The number of hydrogen-bond donors (Lipinski definition) is 0. The van der Waals surface area contributed by atoms with E-state index in [0.29, 0.717) is 5.56 Å². The molecule has 0 aliphatic heterocycles. The number of hydrogen-bond acceptors (Lipinski definition) is 4. The molecule has 0 saturated heterocycles. The largest absolute Gasteiger partial charge is 0.611 e. The Morgan fingerprint density at radius 3 is 2.42 bits per heavy atom. The average molecular weight is 321 g/mol. The molecule has 1 aliphatic rings. The number of carbonyl (C=O) groups is 1. The monoisotopic (exact) mass is 320 g/mol. The van der Waals surface area contributed by atoms with Gasteiger partial charge in [-0.3, -0.25) is 4.79 Å². The third-order valence-corrected chi connectivity index (χ3v) is 6.26. The molecule has 0 bridgehead atoms. The smallest absolute Gasteiger partial charge is 0.252 e. The summed E-state index contributed by atoms with van der Waals surface area (Å²) in [6.07, 6.45) is 2.71. The number of halogens is 1. The number of sulfone groups is 1. The van der Waals surface area contributed by atoms with Crippen LogP contribution in [0, 0.1) is 6.92 Å². The van der Waals surface area contributed by atoms with E-state index in [0.717, 1.165) is 19.1 Å². The minimum Gasteiger partial charge on any atom is -0.611 e. The molecule has 1 atom stereocenters. The number of benzene rings is 1. The van der Waals surface area contributed by atoms with Crippen LogP contribution < -0.4 is 0 Å². The third kappa shape index (κ3) is 3.13. The van der Waals surface area contributed by atoms with E-state index in [1.807, 2.05) is 0 Å². The second-order valence-corrected chi connectivity index (χ2v) is 8.69. The van der Waals surface area contributed by atoms with Gasteiger partial charge in [0.15, 0.2) is 14.7 Å². The first-order valence-electron chi connectivity index (χ1n) is 5.67. The second kappa shape index (κ2) is 5.09. The predicted molar refractivity (Wildman–Crippen MR) is 73.9 cm³/mol. The fourth-order valence-electron chi connectivity index (χ4n) is 1.78. The van der Waals surface area contributed by atoms with Gasteiger partial charge in [0, 0.05) is 24.7 Å². The van der Waals surface area contributed by atoms with Crippen molar-refractivity contribution in [1.82, 2.24) is 0 Å². The van der Waals surface area contributed by atoms with Crippen LogP contribution >= 0.6 is 11.6 Å². The summed E-state index contributed by atoms with van der Waals surface area (Å²) in [5.41, 5.74) is 0.676. The quantitative estimate of drug-likeness (QED) is 0.628. The zero-order chi connectivity index (χ0) is 14.4. The average Bonchev–Trinajstić information content (AvgIpc) is 3.09. The van der Waals surface area contributed by atoms with E-state index in [1.165, 1.54) is 12.1 Å². The van der Waals surface area contributed by atoms with E-state index < -0.39 is 26.3 Å². The highest BCUT2D eigenvalue weighted by molar-refractivity contribution is 7.94. The van der Waals surface area contributed by atoms with Gasteiger partial charge in [-0.1, -0.05) is 0 Å². The zero-order valence-electron chi connectivity index (χ0n) is 10.5. The highest BCUT2D eigenvalue weighted by Crippen LogP contribution is 2.37. The van der Waals surface area contributed by atoms with Crippen molar-refractivity contribution in [2.45, 2.75) is 34.8 Å². The van der Waals surface area contributed by atoms with Gasteiger partial charge in [0.2, 0.25) is 0 Å². The van der Waals surface area contributed by atoms with Gasteiger partial charge in [0.1, 0.15) is 10.1 Å². The van der Waals surface area contributed by atoms with Crippen molar-refractivity contribution in [3.8, 4) is 0 Å². The molecule has 1 saturated carbocycles. The van der Waals surface area contributed by atoms with Crippen LogP contribution in [-0.2, 0) is 21.0 Å². The molecule has 0 aromatic heterocycles. The summed E-state index contributed by atoms with van der Waals surface area (Å²) in [4.78, 5) is 11.5. The van der Waals surface area contributed by atoms with Crippen LogP contribution in [0.4, 0.5) is 0 Å². The first-order valence-corrected chi connectivity index (χ1v) is 9.15. The molecule has 1 fully saturated rings. The van der Waals surface area contributed by atoms with Crippen LogP contribution in [0.15, 0.2) is 21.9 Å². The molecule has 0 radical (unpaired) electrons. The van der Waals surface area contributed by atoms with Crippen molar-refractivity contribution in [1.29, 1.82) is 0 Å². The molecular weight excluding hydrogens is 308 g/mol. The van der Waals surface area contributed by atoms with Crippen molar-refractivity contribution in [3.63, 3.8) is 0 Å². The summed E-state index contributed by atoms with van der Waals surface area (Å²) in [5.74, 6) is 0. The standard InChI is InChI=1S/C12H13ClO4S2/c1-7-5-10(18(15)8-3-4-8)11(19(2,16)17)6-9(7)12(13)14/h5-6,8H,3-4H2,1-2H3. The highest BCUT2D eigenvalue weighted by Gasteiger charge is 2.38. The molecule has 2 rings (SSSR count). The van der Waals surface area contributed by atoms with Crippen LogP contribution in [0.2, 0.25) is 0 Å². The third-order valence-electron chi connectivity index (χ3n) is 2.95. The molecular formula is C12H13ClO4S2. The number of rotatable bonds is 4. The summed E-state index contributed by atoms with van der Waals surface area (Å²) in [7, 11) is -3.56. The van der Waals surface area contributed by atoms with Crippen LogP contribution in [0.5, 0.6) is 0 Å². The Balaban J connectivity index is 2.64. The number of carbonyl (C=O) groups excluding carboxylic acids is 1. The molecule has 1 unspecified atom stereocenters. The van der Waals surface area contributed by atoms with Gasteiger partial charge in [-0.05, 0) is 47.4 Å². The van der Waals surface area contributed by atoms with Crippen molar-refractivity contribution < 1.29 is 17.8 Å². The summed E-state index contributed by atoms with van der Waals surface area (Å²) < 4.78 is 35.8. The molecule has 1 aromatic rings. The van der Waals surface area contributed by atoms with E-state index >= 15 is 0 Å². The van der Waals surface area contributed by atoms with Gasteiger partial charge < -0.3 is 4.55 Å². The number of aryl methyl sites for hydroxylation is 1. The minimum absolute atomic E-state index is 0.0254. The lowest BCUT2D eigenvalue weighted by Crippen LogP contribution is -2.14. The normalized spacial score (nSPS) is 17.3. The fraction of sp³-hybridized carbons (Fsp3) is 0.417.